The summed E-state index contributed by atoms with van der Waals surface area (Å²) in [6.07, 6.45) is 0. The summed E-state index contributed by atoms with van der Waals surface area (Å²) >= 11 is 0. The number of benzene rings is 1. The normalized spacial score (nSPS) is 10.9. The highest BCUT2D eigenvalue weighted by Crippen LogP contribution is 2.15. The van der Waals surface area contributed by atoms with Crippen LogP contribution in [0.2, 0.25) is 0 Å². The van der Waals surface area contributed by atoms with Crippen molar-refractivity contribution in [1.82, 2.24) is 0 Å². The van der Waals surface area contributed by atoms with Crippen LogP contribution < -0.4 is 5.32 Å². The van der Waals surface area contributed by atoms with Crippen LogP contribution in [-0.2, 0) is 9.59 Å². The smallest absolute Gasteiger partial charge is 0.292 e. The van der Waals surface area contributed by atoms with Crippen LogP contribution in [0.1, 0.15) is 20.8 Å². The van der Waals surface area contributed by atoms with Crippen LogP contribution in [0.25, 0.3) is 0 Å². The van der Waals surface area contributed by atoms with E-state index >= 15 is 0 Å². The number of hydrogen-bond acceptors (Lipinski definition) is 2. The predicted octanol–water partition coefficient (Wildman–Crippen LogP) is 2.24. The Balaban J connectivity index is 2.69. The predicted molar refractivity (Wildman–Crippen MR) is 59.5 cm³/mol. The van der Waals surface area contributed by atoms with Crippen LogP contribution in [0.3, 0.4) is 0 Å². The molecule has 0 saturated carbocycles. The largest absolute Gasteiger partial charge is 0.319 e. The average Bonchev–Trinajstić information content (AvgIpc) is 2.16. The third-order valence-electron chi connectivity index (χ3n) is 1.92. The fraction of sp³-hybridized carbons (Fsp3) is 0.333. The van der Waals surface area contributed by atoms with Gasteiger partial charge >= 0.3 is 0 Å². The Bertz CT molecular complexity index is 363. The fourth-order valence-corrected chi connectivity index (χ4v) is 1.05. The summed E-state index contributed by atoms with van der Waals surface area (Å²) in [7, 11) is 0. The maximum atomic E-state index is 11.6. The van der Waals surface area contributed by atoms with Crippen LogP contribution >= 0.6 is 0 Å². The first-order valence-corrected chi connectivity index (χ1v) is 4.82. The maximum Gasteiger partial charge on any atom is 0.292 e. The molecule has 0 aromatic heterocycles. The van der Waals surface area contributed by atoms with Gasteiger partial charge in [-0.05, 0) is 12.1 Å². The maximum absolute atomic E-state index is 11.6. The van der Waals surface area contributed by atoms with Gasteiger partial charge in [-0.1, -0.05) is 39.0 Å². The first kappa shape index (κ1) is 11.4. The van der Waals surface area contributed by atoms with Crippen LogP contribution in [-0.4, -0.2) is 11.7 Å². The van der Waals surface area contributed by atoms with Gasteiger partial charge in [0.1, 0.15) is 0 Å². The van der Waals surface area contributed by atoms with E-state index in [1.54, 1.807) is 45.0 Å². The molecule has 0 unspecified atom stereocenters. The van der Waals surface area contributed by atoms with Gasteiger partial charge in [-0.3, -0.25) is 9.59 Å². The molecular formula is C12H15NO2. The molecule has 1 amide bonds. The van der Waals surface area contributed by atoms with Gasteiger partial charge in [-0.25, -0.2) is 0 Å². The van der Waals surface area contributed by atoms with Crippen molar-refractivity contribution in [1.29, 1.82) is 0 Å². The van der Waals surface area contributed by atoms with Gasteiger partial charge in [0.2, 0.25) is 5.78 Å². The van der Waals surface area contributed by atoms with Gasteiger partial charge in [0.25, 0.3) is 5.91 Å². The Labute approximate surface area is 89.5 Å². The number of Topliss-reactive ketones (excluding diaryl/α,β-unsaturated/α-hetero) is 1. The van der Waals surface area contributed by atoms with E-state index in [0.717, 1.165) is 0 Å². The lowest BCUT2D eigenvalue weighted by Crippen LogP contribution is -2.33. The van der Waals surface area contributed by atoms with Crippen molar-refractivity contribution < 1.29 is 9.59 Å². The quantitative estimate of drug-likeness (QED) is 0.752. The fourth-order valence-electron chi connectivity index (χ4n) is 1.05. The number of anilines is 1. The van der Waals surface area contributed by atoms with Gasteiger partial charge < -0.3 is 5.32 Å². The molecule has 80 valence electrons. The third-order valence-corrected chi connectivity index (χ3v) is 1.92. The van der Waals surface area contributed by atoms with Crippen LogP contribution in [0.5, 0.6) is 0 Å². The zero-order valence-corrected chi connectivity index (χ0v) is 9.20. The molecule has 0 saturated heterocycles. The molecule has 0 aliphatic carbocycles. The van der Waals surface area contributed by atoms with Gasteiger partial charge in [0.15, 0.2) is 0 Å². The number of hydrogen-bond donors (Lipinski definition) is 1. The van der Waals surface area contributed by atoms with E-state index in [1.165, 1.54) is 0 Å². The number of carbonyl (C=O) groups is 2. The molecule has 1 N–H and O–H groups in total. The van der Waals surface area contributed by atoms with Crippen molar-refractivity contribution in [2.75, 3.05) is 5.32 Å². The number of para-hydroxylation sites is 1. The molecule has 1 rings (SSSR count). The van der Waals surface area contributed by atoms with Crippen molar-refractivity contribution in [2.45, 2.75) is 20.8 Å². The molecule has 1 aromatic rings. The van der Waals surface area contributed by atoms with Gasteiger partial charge in [-0.2, -0.15) is 0 Å². The number of nitrogens with one attached hydrogen (secondary N) is 1. The van der Waals surface area contributed by atoms with Gasteiger partial charge in [-0.15, -0.1) is 0 Å². The summed E-state index contributed by atoms with van der Waals surface area (Å²) in [4.78, 5) is 23.1. The summed E-state index contributed by atoms with van der Waals surface area (Å²) in [5.74, 6) is -0.972. The number of carbonyl (C=O) groups excluding carboxylic acids is 2. The Morgan fingerprint density at radius 2 is 1.60 bits per heavy atom. The monoisotopic (exact) mass is 205 g/mol. The standard InChI is InChI=1S/C12H15NO2/c1-12(2,3)10(14)11(15)13-9-7-5-4-6-8-9/h4-8H,1-3H3,(H,13,15). The lowest BCUT2D eigenvalue weighted by atomic mass is 9.90. The van der Waals surface area contributed by atoms with Gasteiger partial charge in [0, 0.05) is 11.1 Å². The molecule has 3 heteroatoms. The van der Waals surface area contributed by atoms with E-state index in [-0.39, 0.29) is 0 Å². The first-order valence-electron chi connectivity index (χ1n) is 4.82. The molecule has 1 aromatic carbocycles. The highest BCUT2D eigenvalue weighted by Gasteiger charge is 2.27. The highest BCUT2D eigenvalue weighted by molar-refractivity contribution is 6.42. The van der Waals surface area contributed by atoms with Crippen molar-refractivity contribution in [3.05, 3.63) is 30.3 Å². The second-order valence-corrected chi connectivity index (χ2v) is 4.40. The SMILES string of the molecule is CC(C)(C)C(=O)C(=O)Nc1ccccc1. The molecule has 0 radical (unpaired) electrons. The lowest BCUT2D eigenvalue weighted by Gasteiger charge is -2.15. The van der Waals surface area contributed by atoms with Crippen LogP contribution in [0.15, 0.2) is 30.3 Å². The topological polar surface area (TPSA) is 46.2 Å². The Kier molecular flexibility index (Phi) is 3.24. The zero-order chi connectivity index (χ0) is 11.5. The minimum absolute atomic E-state index is 0.411. The summed E-state index contributed by atoms with van der Waals surface area (Å²) in [5.41, 5.74) is -0.00103. The van der Waals surface area contributed by atoms with E-state index in [1.807, 2.05) is 6.07 Å². The second-order valence-electron chi connectivity index (χ2n) is 4.40. The average molecular weight is 205 g/mol. The zero-order valence-electron chi connectivity index (χ0n) is 9.20. The minimum Gasteiger partial charge on any atom is -0.319 e. The molecule has 0 fully saturated rings. The molecule has 0 aliphatic rings. The number of rotatable bonds is 2. The second kappa shape index (κ2) is 4.26. The Hall–Kier alpha value is -1.64. The molecule has 0 spiro atoms. The number of ketones is 1. The van der Waals surface area contributed by atoms with Crippen molar-refractivity contribution in [2.24, 2.45) is 5.41 Å². The third kappa shape index (κ3) is 3.20. The van der Waals surface area contributed by atoms with E-state index in [4.69, 9.17) is 0 Å². The number of amides is 1. The minimum atomic E-state index is -0.640. The summed E-state index contributed by atoms with van der Waals surface area (Å²) in [6, 6.07) is 8.94. The van der Waals surface area contributed by atoms with Crippen molar-refractivity contribution in [3.8, 4) is 0 Å². The van der Waals surface area contributed by atoms with Crippen LogP contribution in [0, 0.1) is 5.41 Å². The lowest BCUT2D eigenvalue weighted by molar-refractivity contribution is -0.139. The molecule has 15 heavy (non-hydrogen) atoms. The molecule has 0 bridgehead atoms. The van der Waals surface area contributed by atoms with E-state index in [2.05, 4.69) is 5.32 Å². The van der Waals surface area contributed by atoms with Crippen molar-refractivity contribution in [3.63, 3.8) is 0 Å². The molecule has 3 nitrogen and oxygen atoms in total. The summed E-state index contributed by atoms with van der Waals surface area (Å²) < 4.78 is 0. The molecule has 0 heterocycles. The Morgan fingerprint density at radius 3 is 2.07 bits per heavy atom. The van der Waals surface area contributed by atoms with E-state index in [9.17, 15) is 9.59 Å². The van der Waals surface area contributed by atoms with E-state index in [0.29, 0.717) is 5.69 Å². The van der Waals surface area contributed by atoms with Crippen molar-refractivity contribution >= 4 is 17.4 Å². The molecule has 0 atom stereocenters. The highest BCUT2D eigenvalue weighted by atomic mass is 16.2. The summed E-state index contributed by atoms with van der Waals surface area (Å²) in [5, 5.41) is 2.56. The first-order chi connectivity index (χ1) is 6.91. The Morgan fingerprint density at radius 1 is 1.07 bits per heavy atom. The molecular weight excluding hydrogens is 190 g/mol. The van der Waals surface area contributed by atoms with E-state index < -0.39 is 17.1 Å². The van der Waals surface area contributed by atoms with Crippen LogP contribution in [0.4, 0.5) is 5.69 Å². The summed E-state index contributed by atoms with van der Waals surface area (Å²) in [6.45, 7) is 5.17. The van der Waals surface area contributed by atoms with Gasteiger partial charge in [0.05, 0.1) is 0 Å². The molecule has 0 aliphatic heterocycles.